The number of benzene rings is 1. The fourth-order valence-electron chi connectivity index (χ4n) is 0.944. The van der Waals surface area contributed by atoms with E-state index in [1.807, 2.05) is 25.1 Å². The Morgan fingerprint density at radius 2 is 2.15 bits per heavy atom. The second kappa shape index (κ2) is 6.24. The Morgan fingerprint density at radius 3 is 2.69 bits per heavy atom. The van der Waals surface area contributed by atoms with Crippen molar-refractivity contribution in [3.8, 4) is 5.75 Å². The molecule has 0 aliphatic heterocycles. The Balaban J connectivity index is 0.00000144. The first-order valence-electron chi connectivity index (χ1n) is 3.83. The monoisotopic (exact) mass is 265 g/mol. The molecule has 0 amide bonds. The molecule has 0 unspecified atom stereocenters. The minimum atomic E-state index is 0. The molecule has 0 bridgehead atoms. The zero-order chi connectivity index (χ0) is 8.97. The van der Waals surface area contributed by atoms with Crippen molar-refractivity contribution in [3.05, 3.63) is 28.2 Å². The molecule has 0 radical (unpaired) electrons. The van der Waals surface area contributed by atoms with E-state index in [1.165, 1.54) is 0 Å². The van der Waals surface area contributed by atoms with Crippen LogP contribution in [0.4, 0.5) is 0 Å². The molecule has 0 spiro atoms. The molecule has 2 N–H and O–H groups in total. The number of hydrogen-bond donors (Lipinski definition) is 1. The highest BCUT2D eigenvalue weighted by atomic mass is 79.9. The highest BCUT2D eigenvalue weighted by Crippen LogP contribution is 2.21. The number of rotatable bonds is 3. The molecule has 0 aliphatic carbocycles. The topological polar surface area (TPSA) is 35.2 Å². The summed E-state index contributed by atoms with van der Waals surface area (Å²) in [5.74, 6) is 0.906. The van der Waals surface area contributed by atoms with Crippen molar-refractivity contribution < 1.29 is 4.74 Å². The molecule has 13 heavy (non-hydrogen) atoms. The van der Waals surface area contributed by atoms with E-state index >= 15 is 0 Å². The van der Waals surface area contributed by atoms with Crippen molar-refractivity contribution in [2.45, 2.75) is 6.92 Å². The van der Waals surface area contributed by atoms with Crippen LogP contribution in [0.25, 0.3) is 0 Å². The lowest BCUT2D eigenvalue weighted by atomic mass is 10.2. The Labute approximate surface area is 93.0 Å². The molecule has 1 rings (SSSR count). The summed E-state index contributed by atoms with van der Waals surface area (Å²) in [6.07, 6.45) is 0. The highest BCUT2D eigenvalue weighted by Gasteiger charge is 1.98. The molecular weight excluding hydrogens is 253 g/mol. The van der Waals surface area contributed by atoms with Gasteiger partial charge in [0.15, 0.2) is 0 Å². The predicted molar refractivity (Wildman–Crippen MR) is 60.7 cm³/mol. The number of ether oxygens (including phenoxy) is 1. The first kappa shape index (κ1) is 12.8. The first-order valence-corrected chi connectivity index (χ1v) is 4.62. The van der Waals surface area contributed by atoms with Gasteiger partial charge in [-0.3, -0.25) is 0 Å². The summed E-state index contributed by atoms with van der Waals surface area (Å²) >= 11 is 3.38. The van der Waals surface area contributed by atoms with Gasteiger partial charge in [-0.25, -0.2) is 0 Å². The van der Waals surface area contributed by atoms with Crippen molar-refractivity contribution in [1.29, 1.82) is 0 Å². The van der Waals surface area contributed by atoms with Crippen LogP contribution < -0.4 is 10.5 Å². The van der Waals surface area contributed by atoms with Crippen molar-refractivity contribution in [3.63, 3.8) is 0 Å². The van der Waals surface area contributed by atoms with E-state index in [0.29, 0.717) is 13.2 Å². The van der Waals surface area contributed by atoms with Crippen LogP contribution >= 0.6 is 28.3 Å². The van der Waals surface area contributed by atoms with E-state index in [-0.39, 0.29) is 12.4 Å². The zero-order valence-electron chi connectivity index (χ0n) is 7.42. The summed E-state index contributed by atoms with van der Waals surface area (Å²) < 4.78 is 6.46. The van der Waals surface area contributed by atoms with E-state index in [0.717, 1.165) is 15.8 Å². The Bertz CT molecular complexity index is 268. The summed E-state index contributed by atoms with van der Waals surface area (Å²) in [6.45, 7) is 3.13. The van der Waals surface area contributed by atoms with Gasteiger partial charge in [0.2, 0.25) is 0 Å². The molecule has 0 aliphatic rings. The number of hydrogen-bond acceptors (Lipinski definition) is 2. The maximum atomic E-state index is 5.40. The van der Waals surface area contributed by atoms with Crippen LogP contribution in [0.3, 0.4) is 0 Å². The average Bonchev–Trinajstić information content (AvgIpc) is 2.03. The molecule has 0 saturated carbocycles. The van der Waals surface area contributed by atoms with Gasteiger partial charge >= 0.3 is 0 Å². The number of halogens is 2. The van der Waals surface area contributed by atoms with E-state index in [1.54, 1.807) is 0 Å². The number of aryl methyl sites for hydroxylation is 1. The van der Waals surface area contributed by atoms with Gasteiger partial charge in [0.25, 0.3) is 0 Å². The van der Waals surface area contributed by atoms with Crippen molar-refractivity contribution in [2.75, 3.05) is 13.2 Å². The molecule has 0 aromatic heterocycles. The smallest absolute Gasteiger partial charge is 0.122 e. The highest BCUT2D eigenvalue weighted by molar-refractivity contribution is 9.10. The van der Waals surface area contributed by atoms with Crippen LogP contribution in [0, 0.1) is 6.92 Å². The Kier molecular flexibility index (Phi) is 6.12. The van der Waals surface area contributed by atoms with Gasteiger partial charge in [-0.15, -0.1) is 12.4 Å². The quantitative estimate of drug-likeness (QED) is 0.912. The molecule has 0 heterocycles. The first-order chi connectivity index (χ1) is 5.74. The SMILES string of the molecule is Cc1cc(Br)ccc1OCCN.Cl. The molecule has 0 saturated heterocycles. The lowest BCUT2D eigenvalue weighted by Gasteiger charge is -2.07. The second-order valence-corrected chi connectivity index (χ2v) is 3.46. The average molecular weight is 267 g/mol. The summed E-state index contributed by atoms with van der Waals surface area (Å²) in [5.41, 5.74) is 6.45. The maximum Gasteiger partial charge on any atom is 0.122 e. The number of nitrogens with two attached hydrogens (primary N) is 1. The molecule has 4 heteroatoms. The summed E-state index contributed by atoms with van der Waals surface area (Å²) in [7, 11) is 0. The van der Waals surface area contributed by atoms with Gasteiger partial charge in [-0.2, -0.15) is 0 Å². The van der Waals surface area contributed by atoms with Gasteiger partial charge in [0, 0.05) is 11.0 Å². The lowest BCUT2D eigenvalue weighted by molar-refractivity contribution is 0.326. The van der Waals surface area contributed by atoms with Crippen LogP contribution in [0.5, 0.6) is 5.75 Å². The fourth-order valence-corrected chi connectivity index (χ4v) is 1.42. The predicted octanol–water partition coefficient (Wildman–Crippen LogP) is 2.52. The molecule has 2 nitrogen and oxygen atoms in total. The molecule has 1 aromatic rings. The van der Waals surface area contributed by atoms with E-state index in [9.17, 15) is 0 Å². The van der Waals surface area contributed by atoms with Gasteiger partial charge in [-0.05, 0) is 30.7 Å². The summed E-state index contributed by atoms with van der Waals surface area (Å²) in [4.78, 5) is 0. The normalized spacial score (nSPS) is 9.15. The van der Waals surface area contributed by atoms with E-state index < -0.39 is 0 Å². The van der Waals surface area contributed by atoms with Crippen LogP contribution in [0.2, 0.25) is 0 Å². The molecule has 1 aromatic carbocycles. The van der Waals surface area contributed by atoms with Crippen LogP contribution in [-0.2, 0) is 0 Å². The summed E-state index contributed by atoms with van der Waals surface area (Å²) in [5, 5.41) is 0. The van der Waals surface area contributed by atoms with E-state index in [2.05, 4.69) is 15.9 Å². The Morgan fingerprint density at radius 1 is 1.46 bits per heavy atom. The summed E-state index contributed by atoms with van der Waals surface area (Å²) in [6, 6.07) is 5.92. The van der Waals surface area contributed by atoms with E-state index in [4.69, 9.17) is 10.5 Å². The molecular formula is C9H13BrClNO. The minimum absolute atomic E-state index is 0. The fraction of sp³-hybridized carbons (Fsp3) is 0.333. The van der Waals surface area contributed by atoms with Gasteiger partial charge in [0.05, 0.1) is 0 Å². The maximum absolute atomic E-state index is 5.40. The lowest BCUT2D eigenvalue weighted by Crippen LogP contribution is -2.11. The molecule has 74 valence electrons. The van der Waals surface area contributed by atoms with Crippen LogP contribution in [0.15, 0.2) is 22.7 Å². The van der Waals surface area contributed by atoms with Crippen molar-refractivity contribution in [1.82, 2.24) is 0 Å². The van der Waals surface area contributed by atoms with Crippen molar-refractivity contribution in [2.24, 2.45) is 5.73 Å². The third-order valence-electron chi connectivity index (χ3n) is 1.51. The molecule has 0 atom stereocenters. The van der Waals surface area contributed by atoms with Gasteiger partial charge in [0.1, 0.15) is 12.4 Å². The zero-order valence-corrected chi connectivity index (χ0v) is 9.82. The van der Waals surface area contributed by atoms with Crippen LogP contribution in [0.1, 0.15) is 5.56 Å². The van der Waals surface area contributed by atoms with Crippen LogP contribution in [-0.4, -0.2) is 13.2 Å². The van der Waals surface area contributed by atoms with Gasteiger partial charge in [-0.1, -0.05) is 15.9 Å². The minimum Gasteiger partial charge on any atom is -0.492 e. The second-order valence-electron chi connectivity index (χ2n) is 2.55. The standard InChI is InChI=1S/C9H12BrNO.ClH/c1-7-6-8(10)2-3-9(7)12-5-4-11;/h2-3,6H,4-5,11H2,1H3;1H. The van der Waals surface area contributed by atoms with Gasteiger partial charge < -0.3 is 10.5 Å². The van der Waals surface area contributed by atoms with Crippen molar-refractivity contribution >= 4 is 28.3 Å². The third-order valence-corrected chi connectivity index (χ3v) is 2.01. The third kappa shape index (κ3) is 3.98. The largest absolute Gasteiger partial charge is 0.492 e. The molecule has 0 fully saturated rings. The Hall–Kier alpha value is -0.250.